The molecular formula is C25H34Cl4N6OS. The summed E-state index contributed by atoms with van der Waals surface area (Å²) < 4.78 is 1.05. The fourth-order valence-electron chi connectivity index (χ4n) is 4.48. The first-order chi connectivity index (χ1) is 16.5. The molecule has 12 heteroatoms. The van der Waals surface area contributed by atoms with Crippen LogP contribution in [0.5, 0.6) is 0 Å². The SMILES string of the molecule is CN(C)C1CCN(CCNc2ncc(Cl)c(-c3cc4c(C(=O)NC5CC5)cccc4s3)n2)CC1.Cl.Cl.Cl. The normalized spacial score (nSPS) is 16.0. The minimum Gasteiger partial charge on any atom is -0.353 e. The maximum Gasteiger partial charge on any atom is 0.252 e. The van der Waals surface area contributed by atoms with Gasteiger partial charge in [-0.2, -0.15) is 0 Å². The van der Waals surface area contributed by atoms with Crippen LogP contribution in [-0.2, 0) is 0 Å². The summed E-state index contributed by atoms with van der Waals surface area (Å²) in [5.41, 5.74) is 1.40. The van der Waals surface area contributed by atoms with E-state index in [0.29, 0.717) is 34.3 Å². The van der Waals surface area contributed by atoms with Gasteiger partial charge in [0.1, 0.15) is 5.69 Å². The zero-order valence-corrected chi connectivity index (χ0v) is 24.9. The second-order valence-electron chi connectivity index (χ2n) is 9.43. The van der Waals surface area contributed by atoms with Gasteiger partial charge in [0.25, 0.3) is 5.91 Å². The summed E-state index contributed by atoms with van der Waals surface area (Å²) in [5.74, 6) is 0.565. The summed E-state index contributed by atoms with van der Waals surface area (Å²) in [6, 6.07) is 8.88. The van der Waals surface area contributed by atoms with Gasteiger partial charge in [-0.25, -0.2) is 9.97 Å². The Kier molecular flexibility index (Phi) is 12.1. The highest BCUT2D eigenvalue weighted by Gasteiger charge is 2.25. The lowest BCUT2D eigenvalue weighted by Crippen LogP contribution is -2.43. The average Bonchev–Trinajstić information content (AvgIpc) is 3.54. The molecule has 1 aromatic carbocycles. The van der Waals surface area contributed by atoms with Crippen LogP contribution in [0.1, 0.15) is 36.0 Å². The molecule has 1 saturated heterocycles. The first-order valence-electron chi connectivity index (χ1n) is 12.0. The van der Waals surface area contributed by atoms with Crippen molar-refractivity contribution in [3.8, 4) is 10.6 Å². The molecule has 204 valence electrons. The minimum absolute atomic E-state index is 0. The number of benzene rings is 1. The first-order valence-corrected chi connectivity index (χ1v) is 13.2. The lowest BCUT2D eigenvalue weighted by atomic mass is 10.0. The summed E-state index contributed by atoms with van der Waals surface area (Å²) in [7, 11) is 4.33. The molecule has 7 nitrogen and oxygen atoms in total. The van der Waals surface area contributed by atoms with Crippen LogP contribution < -0.4 is 10.6 Å². The number of carbonyl (C=O) groups is 1. The van der Waals surface area contributed by atoms with E-state index in [2.05, 4.69) is 39.5 Å². The van der Waals surface area contributed by atoms with Crippen LogP contribution in [-0.4, -0.2) is 78.0 Å². The number of fused-ring (bicyclic) bond motifs is 1. The summed E-state index contributed by atoms with van der Waals surface area (Å²) >= 11 is 8.09. The Bertz CT molecular complexity index is 1180. The van der Waals surface area contributed by atoms with Gasteiger partial charge in [0.2, 0.25) is 5.95 Å². The van der Waals surface area contributed by atoms with Crippen LogP contribution in [0, 0.1) is 0 Å². The number of nitrogens with zero attached hydrogens (tertiary/aromatic N) is 4. The van der Waals surface area contributed by atoms with E-state index in [1.165, 1.54) is 12.8 Å². The van der Waals surface area contributed by atoms with Gasteiger partial charge in [-0.05, 0) is 71.1 Å². The van der Waals surface area contributed by atoms with Crippen molar-refractivity contribution >= 4 is 82.1 Å². The van der Waals surface area contributed by atoms with Crippen LogP contribution in [0.25, 0.3) is 20.7 Å². The molecular weight excluding hydrogens is 574 g/mol. The van der Waals surface area contributed by atoms with Gasteiger partial charge in [-0.1, -0.05) is 17.7 Å². The van der Waals surface area contributed by atoms with Crippen LogP contribution in [0.2, 0.25) is 5.02 Å². The number of piperidine rings is 1. The topological polar surface area (TPSA) is 73.4 Å². The number of nitrogens with one attached hydrogen (secondary N) is 2. The van der Waals surface area contributed by atoms with Gasteiger partial charge in [-0.3, -0.25) is 4.79 Å². The van der Waals surface area contributed by atoms with Crippen LogP contribution in [0.15, 0.2) is 30.5 Å². The van der Waals surface area contributed by atoms with Crippen molar-refractivity contribution in [2.45, 2.75) is 37.8 Å². The number of halogens is 4. The van der Waals surface area contributed by atoms with E-state index in [1.807, 2.05) is 24.3 Å². The third kappa shape index (κ3) is 7.82. The fourth-order valence-corrected chi connectivity index (χ4v) is 5.82. The van der Waals surface area contributed by atoms with Gasteiger partial charge in [0.15, 0.2) is 0 Å². The molecule has 3 aromatic rings. The smallest absolute Gasteiger partial charge is 0.252 e. The molecule has 2 fully saturated rings. The van der Waals surface area contributed by atoms with Gasteiger partial charge in [0.05, 0.1) is 16.1 Å². The van der Waals surface area contributed by atoms with Crippen molar-refractivity contribution in [3.63, 3.8) is 0 Å². The predicted octanol–water partition coefficient (Wildman–Crippen LogP) is 5.61. The number of hydrogen-bond acceptors (Lipinski definition) is 7. The first kappa shape index (κ1) is 31.8. The molecule has 2 N–H and O–H groups in total. The molecule has 2 aromatic heterocycles. The maximum atomic E-state index is 12.7. The summed E-state index contributed by atoms with van der Waals surface area (Å²) in [4.78, 5) is 27.6. The zero-order valence-electron chi connectivity index (χ0n) is 20.9. The number of carbonyl (C=O) groups excluding carboxylic acids is 1. The van der Waals surface area contributed by atoms with E-state index in [9.17, 15) is 4.79 Å². The third-order valence-electron chi connectivity index (χ3n) is 6.69. The highest BCUT2D eigenvalue weighted by atomic mass is 35.5. The molecule has 0 bridgehead atoms. The number of thiophene rings is 1. The lowest BCUT2D eigenvalue weighted by Gasteiger charge is -2.35. The number of likely N-dealkylation sites (tertiary alicyclic amines) is 1. The van der Waals surface area contributed by atoms with Crippen molar-refractivity contribution in [1.82, 2.24) is 25.1 Å². The van der Waals surface area contributed by atoms with Crippen LogP contribution in [0.3, 0.4) is 0 Å². The zero-order chi connectivity index (χ0) is 23.7. The van der Waals surface area contributed by atoms with E-state index >= 15 is 0 Å². The van der Waals surface area contributed by atoms with Gasteiger partial charge < -0.3 is 20.4 Å². The minimum atomic E-state index is -0.0109. The second kappa shape index (κ2) is 14.1. The summed E-state index contributed by atoms with van der Waals surface area (Å²) in [6.07, 6.45) is 6.21. The number of aromatic nitrogens is 2. The highest BCUT2D eigenvalue weighted by Crippen LogP contribution is 2.37. The van der Waals surface area contributed by atoms with E-state index in [4.69, 9.17) is 16.6 Å². The Labute approximate surface area is 246 Å². The molecule has 0 unspecified atom stereocenters. The quantitative estimate of drug-likeness (QED) is 0.347. The molecule has 3 heterocycles. The van der Waals surface area contributed by atoms with Crippen molar-refractivity contribution < 1.29 is 4.79 Å². The van der Waals surface area contributed by atoms with E-state index in [1.54, 1.807) is 17.5 Å². The van der Waals surface area contributed by atoms with E-state index in [-0.39, 0.29) is 43.1 Å². The number of hydrogen-bond donors (Lipinski definition) is 2. The molecule has 5 rings (SSSR count). The monoisotopic (exact) mass is 606 g/mol. The van der Waals surface area contributed by atoms with Crippen LogP contribution in [0.4, 0.5) is 5.95 Å². The molecule has 1 amide bonds. The van der Waals surface area contributed by atoms with Gasteiger partial charge in [-0.15, -0.1) is 48.6 Å². The van der Waals surface area contributed by atoms with Crippen molar-refractivity contribution in [3.05, 3.63) is 41.0 Å². The Hall–Kier alpha value is -1.39. The van der Waals surface area contributed by atoms with Gasteiger partial charge >= 0.3 is 0 Å². The average molecular weight is 608 g/mol. The lowest BCUT2D eigenvalue weighted by molar-refractivity contribution is 0.0952. The largest absolute Gasteiger partial charge is 0.353 e. The second-order valence-corrected chi connectivity index (χ2v) is 10.9. The van der Waals surface area contributed by atoms with Crippen molar-refractivity contribution in [2.75, 3.05) is 45.6 Å². The number of anilines is 1. The fraction of sp³-hybridized carbons (Fsp3) is 0.480. The number of rotatable bonds is 8. The Morgan fingerprint density at radius 3 is 2.57 bits per heavy atom. The molecule has 1 aliphatic carbocycles. The molecule has 37 heavy (non-hydrogen) atoms. The molecule has 0 radical (unpaired) electrons. The molecule has 1 saturated carbocycles. The van der Waals surface area contributed by atoms with E-state index in [0.717, 1.165) is 54.0 Å². The Morgan fingerprint density at radius 2 is 1.89 bits per heavy atom. The van der Waals surface area contributed by atoms with Crippen molar-refractivity contribution in [1.29, 1.82) is 0 Å². The third-order valence-corrected chi connectivity index (χ3v) is 8.08. The van der Waals surface area contributed by atoms with Crippen LogP contribution >= 0.6 is 60.2 Å². The summed E-state index contributed by atoms with van der Waals surface area (Å²) in [6.45, 7) is 3.99. The molecule has 0 spiro atoms. The molecule has 2 aliphatic rings. The highest BCUT2D eigenvalue weighted by molar-refractivity contribution is 7.22. The Balaban J connectivity index is 0.00000160. The van der Waals surface area contributed by atoms with Crippen molar-refractivity contribution in [2.24, 2.45) is 0 Å². The number of amides is 1. The van der Waals surface area contributed by atoms with Gasteiger partial charge in [0, 0.05) is 40.8 Å². The standard InChI is InChI=1S/C25H31ClN6OS.3ClH/c1-31(2)17-8-11-32(12-9-17)13-10-27-25-28-15-20(26)23(30-25)22-14-19-18(4-3-5-21(19)34-22)24(33)29-16-6-7-16;;;/h3-5,14-17H,6-13H2,1-2H3,(H,29,33)(H,27,28,30);3*1H. The predicted molar refractivity (Wildman–Crippen MR) is 162 cm³/mol. The maximum absolute atomic E-state index is 12.7. The summed E-state index contributed by atoms with van der Waals surface area (Å²) in [5, 5.41) is 7.89. The molecule has 1 aliphatic heterocycles. The molecule has 0 atom stereocenters. The van der Waals surface area contributed by atoms with E-state index < -0.39 is 0 Å². The Morgan fingerprint density at radius 1 is 1.16 bits per heavy atom.